The summed E-state index contributed by atoms with van der Waals surface area (Å²) < 4.78 is 44.8. The fourth-order valence-corrected chi connectivity index (χ4v) is 4.98. The molecule has 1 aromatic carbocycles. The molecule has 2 saturated carbocycles. The van der Waals surface area contributed by atoms with Gasteiger partial charge in [0.05, 0.1) is 0 Å². The van der Waals surface area contributed by atoms with Crippen molar-refractivity contribution in [2.24, 2.45) is 16.1 Å². The minimum atomic E-state index is -4.85. The number of carbonyl (C=O) groups excluding carboxylic acids is 2. The van der Waals surface area contributed by atoms with Gasteiger partial charge in [-0.25, -0.2) is 4.79 Å². The second-order valence-electron chi connectivity index (χ2n) is 10.0. The summed E-state index contributed by atoms with van der Waals surface area (Å²) in [6, 6.07) is 4.91. The predicted octanol–water partition coefficient (Wildman–Crippen LogP) is 5.41. The number of hydrogen-bond donors (Lipinski definition) is 2. The smallest absolute Gasteiger partial charge is 0.421 e. The molecule has 0 bridgehead atoms. The minimum absolute atomic E-state index is 0.0501. The first-order chi connectivity index (χ1) is 17.9. The Balaban J connectivity index is 1.81. The number of amides is 2. The molecule has 2 aliphatic rings. The molecule has 1 atom stereocenters. The van der Waals surface area contributed by atoms with Crippen LogP contribution < -0.4 is 5.73 Å². The van der Waals surface area contributed by atoms with Gasteiger partial charge in [0.1, 0.15) is 6.61 Å². The van der Waals surface area contributed by atoms with Crippen LogP contribution in [0.5, 0.6) is 0 Å². The van der Waals surface area contributed by atoms with Gasteiger partial charge in [-0.3, -0.25) is 9.79 Å². The van der Waals surface area contributed by atoms with Gasteiger partial charge in [-0.05, 0) is 68.7 Å². The Kier molecular flexibility index (Phi) is 8.86. The van der Waals surface area contributed by atoms with Gasteiger partial charge in [0.25, 0.3) is 5.91 Å². The van der Waals surface area contributed by atoms with E-state index in [2.05, 4.69) is 18.2 Å². The third-order valence-electron chi connectivity index (χ3n) is 7.45. The van der Waals surface area contributed by atoms with Crippen molar-refractivity contribution in [2.45, 2.75) is 69.3 Å². The first kappa shape index (κ1) is 29.2. The quantitative estimate of drug-likeness (QED) is 0.310. The Hall–Kier alpha value is -3.40. The van der Waals surface area contributed by atoms with Crippen molar-refractivity contribution in [1.82, 2.24) is 4.90 Å². The monoisotopic (exact) mass is 533 g/mol. The van der Waals surface area contributed by atoms with E-state index in [9.17, 15) is 27.9 Å². The van der Waals surface area contributed by atoms with Gasteiger partial charge in [-0.15, -0.1) is 0 Å². The highest BCUT2D eigenvalue weighted by atomic mass is 19.4. The maximum absolute atomic E-state index is 13.5. The van der Waals surface area contributed by atoms with E-state index in [-0.39, 0.29) is 35.7 Å². The summed E-state index contributed by atoms with van der Waals surface area (Å²) in [6.45, 7) is 8.23. The van der Waals surface area contributed by atoms with Crippen molar-refractivity contribution in [3.8, 4) is 0 Å². The number of aliphatic imine (C=N–C) groups is 1. The molecule has 38 heavy (non-hydrogen) atoms. The zero-order valence-electron chi connectivity index (χ0n) is 21.4. The second kappa shape index (κ2) is 11.6. The largest absolute Gasteiger partial charge is 0.449 e. The zero-order chi connectivity index (χ0) is 28.1. The third kappa shape index (κ3) is 6.35. The van der Waals surface area contributed by atoms with Crippen LogP contribution in [0.1, 0.15) is 61.4 Å². The van der Waals surface area contributed by atoms with Crippen LogP contribution in [-0.4, -0.2) is 53.1 Å². The van der Waals surface area contributed by atoms with Crippen molar-refractivity contribution < 1.29 is 32.6 Å². The molecule has 0 aliphatic heterocycles. The lowest BCUT2D eigenvalue weighted by atomic mass is 9.68. The molecule has 3 rings (SSSR count). The summed E-state index contributed by atoms with van der Waals surface area (Å²) in [5, 5.41) is 9.94. The van der Waals surface area contributed by atoms with Crippen LogP contribution in [0.4, 0.5) is 18.0 Å². The maximum Gasteiger partial charge on any atom is 0.421 e. The van der Waals surface area contributed by atoms with Crippen molar-refractivity contribution >= 4 is 18.2 Å². The summed E-state index contributed by atoms with van der Waals surface area (Å²) >= 11 is 0. The Morgan fingerprint density at radius 3 is 2.21 bits per heavy atom. The normalized spacial score (nSPS) is 23.9. The van der Waals surface area contributed by atoms with Gasteiger partial charge < -0.3 is 20.5 Å². The molecule has 3 N–H and O–H groups in total. The second-order valence-corrected chi connectivity index (χ2v) is 10.0. The fraction of sp³-hybridized carbons (Fsp3) is 0.464. The standard InChI is InChI=1S/C28H34F3N3O4/c1-4-16-33-17-20(5-2)27(18-38-25(32)36)14-12-23(13-15-27)34(22-10-11-22)24(35)19-6-8-21(9-7-19)26(3,37)28(29,30)31/h4-9,16-17,22-23,37H,1-2,10-15,18H2,3H3,(H2,32,36)/b20-17+,33-16?/t23?,26-,27?/m0/s1. The number of alkyl halides is 3. The molecule has 0 radical (unpaired) electrons. The van der Waals surface area contributed by atoms with Crippen LogP contribution in [-0.2, 0) is 10.3 Å². The van der Waals surface area contributed by atoms with Crippen LogP contribution >= 0.6 is 0 Å². The van der Waals surface area contributed by atoms with Crippen LogP contribution in [0, 0.1) is 5.41 Å². The van der Waals surface area contributed by atoms with E-state index in [1.165, 1.54) is 24.4 Å². The molecular weight excluding hydrogens is 499 g/mol. The van der Waals surface area contributed by atoms with E-state index < -0.39 is 23.3 Å². The van der Waals surface area contributed by atoms with Gasteiger partial charge in [-0.2, -0.15) is 13.2 Å². The Morgan fingerprint density at radius 2 is 1.74 bits per heavy atom. The number of halogens is 3. The number of hydrogen-bond acceptors (Lipinski definition) is 5. The molecule has 1 aromatic rings. The van der Waals surface area contributed by atoms with Gasteiger partial charge in [0, 0.05) is 35.5 Å². The molecule has 0 saturated heterocycles. The van der Waals surface area contributed by atoms with Gasteiger partial charge in [-0.1, -0.05) is 37.4 Å². The average molecular weight is 534 g/mol. The number of aliphatic hydroxyl groups is 1. The Bertz CT molecular complexity index is 1100. The predicted molar refractivity (Wildman–Crippen MR) is 138 cm³/mol. The van der Waals surface area contributed by atoms with Gasteiger partial charge >= 0.3 is 12.3 Å². The number of allylic oxidation sites excluding steroid dienone is 2. The summed E-state index contributed by atoms with van der Waals surface area (Å²) in [5.74, 6) is -0.258. The maximum atomic E-state index is 13.5. The molecule has 2 fully saturated rings. The minimum Gasteiger partial charge on any atom is -0.449 e. The molecule has 0 unspecified atom stereocenters. The summed E-state index contributed by atoms with van der Waals surface area (Å²) in [7, 11) is 0. The van der Waals surface area contributed by atoms with Crippen LogP contribution in [0.15, 0.2) is 66.3 Å². The van der Waals surface area contributed by atoms with E-state index in [4.69, 9.17) is 10.5 Å². The highest BCUT2D eigenvalue weighted by Crippen LogP contribution is 2.46. The van der Waals surface area contributed by atoms with Crippen molar-refractivity contribution in [3.63, 3.8) is 0 Å². The van der Waals surface area contributed by atoms with Crippen LogP contribution in [0.3, 0.4) is 0 Å². The molecule has 0 spiro atoms. The number of nitrogens with two attached hydrogens (primary N) is 1. The molecule has 2 aliphatic carbocycles. The Labute approximate surface area is 220 Å². The van der Waals surface area contributed by atoms with E-state index in [1.54, 1.807) is 12.3 Å². The van der Waals surface area contributed by atoms with E-state index in [0.717, 1.165) is 30.5 Å². The van der Waals surface area contributed by atoms with Crippen LogP contribution in [0.2, 0.25) is 0 Å². The van der Waals surface area contributed by atoms with Crippen molar-refractivity contribution in [2.75, 3.05) is 6.61 Å². The fourth-order valence-electron chi connectivity index (χ4n) is 4.98. The van der Waals surface area contributed by atoms with Gasteiger partial charge in [0.2, 0.25) is 0 Å². The number of ether oxygens (including phenoxy) is 1. The molecule has 0 heterocycles. The highest BCUT2D eigenvalue weighted by molar-refractivity contribution is 5.95. The first-order valence-electron chi connectivity index (χ1n) is 12.5. The topological polar surface area (TPSA) is 105 Å². The summed E-state index contributed by atoms with van der Waals surface area (Å²) in [4.78, 5) is 31.0. The lowest BCUT2D eigenvalue weighted by molar-refractivity contribution is -0.258. The van der Waals surface area contributed by atoms with Gasteiger partial charge in [0.15, 0.2) is 5.60 Å². The SMILES string of the molecule is C=CC=N/C=C(\C=C)C1(COC(N)=O)CCC(N(C(=O)c2ccc([C@](C)(O)C(F)(F)F)cc2)C2CC2)CC1. The summed E-state index contributed by atoms with van der Waals surface area (Å²) in [5.41, 5.74) is 2.36. The molecule has 7 nitrogen and oxygen atoms in total. The van der Waals surface area contributed by atoms with Crippen LogP contribution in [0.25, 0.3) is 0 Å². The van der Waals surface area contributed by atoms with E-state index in [1.807, 2.05) is 4.90 Å². The lowest BCUT2D eigenvalue weighted by Gasteiger charge is -2.44. The number of carbonyl (C=O) groups is 2. The van der Waals surface area contributed by atoms with E-state index in [0.29, 0.717) is 32.6 Å². The average Bonchev–Trinajstić information content (AvgIpc) is 3.71. The van der Waals surface area contributed by atoms with E-state index >= 15 is 0 Å². The molecule has 206 valence electrons. The number of nitrogens with zero attached hydrogens (tertiary/aromatic N) is 2. The number of benzene rings is 1. The third-order valence-corrected chi connectivity index (χ3v) is 7.45. The molecule has 0 aromatic heterocycles. The number of rotatable bonds is 10. The van der Waals surface area contributed by atoms with Crippen molar-refractivity contribution in [3.05, 3.63) is 72.5 Å². The summed E-state index contributed by atoms with van der Waals surface area (Å²) in [6.07, 6.45) is 4.76. The van der Waals surface area contributed by atoms with Crippen molar-refractivity contribution in [1.29, 1.82) is 0 Å². The molecular formula is C28H34F3N3O4. The Morgan fingerprint density at radius 1 is 1.16 bits per heavy atom. The zero-order valence-corrected chi connectivity index (χ0v) is 21.4. The highest BCUT2D eigenvalue weighted by Gasteiger charge is 2.51. The first-order valence-corrected chi connectivity index (χ1v) is 12.5. The number of primary amides is 1. The molecule has 2 amide bonds. The molecule has 10 heteroatoms. The lowest BCUT2D eigenvalue weighted by Crippen LogP contribution is -2.47.